The smallest absolute Gasteiger partial charge is 0.167 e. The van der Waals surface area contributed by atoms with Gasteiger partial charge in [-0.3, -0.25) is 4.21 Å². The molecule has 1 aromatic heterocycles. The first-order valence-electron chi connectivity index (χ1n) is 4.86. The topological polar surface area (TPSA) is 66.2 Å². The van der Waals surface area contributed by atoms with Crippen LogP contribution in [-0.4, -0.2) is 13.9 Å². The molecule has 0 N–H and O–H groups in total. The van der Waals surface area contributed by atoms with Gasteiger partial charge in [0.05, 0.1) is 5.69 Å². The van der Waals surface area contributed by atoms with E-state index in [0.717, 1.165) is 12.1 Å². The van der Waals surface area contributed by atoms with Crippen LogP contribution in [0.2, 0.25) is 0 Å². The molecule has 0 amide bonds. The summed E-state index contributed by atoms with van der Waals surface area (Å²) >= 11 is -2.22. The second-order valence-electron chi connectivity index (χ2n) is 3.30. The monoisotopic (exact) mass is 236 g/mol. The van der Waals surface area contributed by atoms with Crippen LogP contribution < -0.4 is 0 Å². The first kappa shape index (κ1) is 11.0. The van der Waals surface area contributed by atoms with E-state index in [2.05, 4.69) is 5.16 Å². The van der Waals surface area contributed by atoms with Gasteiger partial charge in [-0.2, -0.15) is 0 Å². The molecule has 2 rings (SSSR count). The molecular formula is C11H10NO3S-. The van der Waals surface area contributed by atoms with E-state index in [0.29, 0.717) is 11.3 Å². The highest BCUT2D eigenvalue weighted by atomic mass is 32.2. The van der Waals surface area contributed by atoms with Crippen LogP contribution in [0.5, 0.6) is 0 Å². The first-order valence-corrected chi connectivity index (χ1v) is 5.93. The lowest BCUT2D eigenvalue weighted by Gasteiger charge is -2.05. The lowest BCUT2D eigenvalue weighted by atomic mass is 10.1. The Bertz CT molecular complexity index is 521. The van der Waals surface area contributed by atoms with Gasteiger partial charge in [0.2, 0.25) is 0 Å². The summed E-state index contributed by atoms with van der Waals surface area (Å²) in [6, 6.07) is 8.37. The largest absolute Gasteiger partial charge is 0.768 e. The van der Waals surface area contributed by atoms with Crippen LogP contribution in [-0.2, 0) is 17.5 Å². The predicted molar refractivity (Wildman–Crippen MR) is 58.5 cm³/mol. The number of aromatic nitrogens is 1. The van der Waals surface area contributed by atoms with E-state index in [1.165, 1.54) is 6.07 Å². The fraction of sp³-hybridized carbons (Fsp3) is 0.182. The second kappa shape index (κ2) is 4.59. The van der Waals surface area contributed by atoms with Crippen LogP contribution in [0.3, 0.4) is 0 Å². The minimum Gasteiger partial charge on any atom is -0.768 e. The van der Waals surface area contributed by atoms with E-state index < -0.39 is 11.1 Å². The van der Waals surface area contributed by atoms with Crippen molar-refractivity contribution in [1.29, 1.82) is 0 Å². The zero-order valence-corrected chi connectivity index (χ0v) is 9.49. The Morgan fingerprint density at radius 3 is 2.88 bits per heavy atom. The molecule has 0 aliphatic rings. The van der Waals surface area contributed by atoms with Gasteiger partial charge >= 0.3 is 0 Å². The van der Waals surface area contributed by atoms with Crippen molar-refractivity contribution in [2.45, 2.75) is 18.2 Å². The Hall–Kier alpha value is -1.46. The van der Waals surface area contributed by atoms with Crippen molar-refractivity contribution >= 4 is 11.1 Å². The summed E-state index contributed by atoms with van der Waals surface area (Å²) in [6.07, 6.45) is 0.788. The maximum absolute atomic E-state index is 10.8. The molecule has 0 saturated heterocycles. The summed E-state index contributed by atoms with van der Waals surface area (Å²) in [6.45, 7) is 1.98. The molecule has 5 heteroatoms. The molecule has 0 bridgehead atoms. The van der Waals surface area contributed by atoms with Crippen molar-refractivity contribution in [2.75, 3.05) is 0 Å². The summed E-state index contributed by atoms with van der Waals surface area (Å²) in [7, 11) is 0. The summed E-state index contributed by atoms with van der Waals surface area (Å²) in [5.41, 5.74) is 1.57. The van der Waals surface area contributed by atoms with Crippen LogP contribution in [0.15, 0.2) is 39.8 Å². The van der Waals surface area contributed by atoms with Gasteiger partial charge in [0.1, 0.15) is 0 Å². The first-order chi connectivity index (χ1) is 7.70. The molecule has 0 fully saturated rings. The Balaban J connectivity index is 2.40. The van der Waals surface area contributed by atoms with E-state index in [4.69, 9.17) is 4.52 Å². The average molecular weight is 236 g/mol. The highest BCUT2D eigenvalue weighted by molar-refractivity contribution is 7.79. The number of rotatable bonds is 3. The van der Waals surface area contributed by atoms with Crippen molar-refractivity contribution in [2.24, 2.45) is 0 Å². The predicted octanol–water partition coefficient (Wildman–Crippen LogP) is 2.14. The van der Waals surface area contributed by atoms with Crippen LogP contribution in [0.25, 0.3) is 11.3 Å². The Morgan fingerprint density at radius 1 is 1.44 bits per heavy atom. The fourth-order valence-corrected chi connectivity index (χ4v) is 1.78. The Labute approximate surface area is 95.6 Å². The maximum Gasteiger partial charge on any atom is 0.167 e. The molecule has 16 heavy (non-hydrogen) atoms. The summed E-state index contributed by atoms with van der Waals surface area (Å²) < 4.78 is 26.7. The van der Waals surface area contributed by atoms with Crippen LogP contribution in [0.1, 0.15) is 12.6 Å². The van der Waals surface area contributed by atoms with Gasteiger partial charge in [0.25, 0.3) is 0 Å². The Kier molecular flexibility index (Phi) is 3.17. The van der Waals surface area contributed by atoms with Crippen molar-refractivity contribution < 1.29 is 13.3 Å². The minimum atomic E-state index is -2.22. The van der Waals surface area contributed by atoms with Crippen molar-refractivity contribution in [3.63, 3.8) is 0 Å². The lowest BCUT2D eigenvalue weighted by molar-refractivity contribution is 0.424. The second-order valence-corrected chi connectivity index (χ2v) is 4.24. The van der Waals surface area contributed by atoms with Gasteiger partial charge in [0, 0.05) is 16.5 Å². The van der Waals surface area contributed by atoms with E-state index in [9.17, 15) is 8.76 Å². The molecular weight excluding hydrogens is 226 g/mol. The molecule has 1 unspecified atom stereocenters. The quantitative estimate of drug-likeness (QED) is 0.766. The number of hydrogen-bond donors (Lipinski definition) is 0. The zero-order chi connectivity index (χ0) is 11.5. The van der Waals surface area contributed by atoms with E-state index >= 15 is 0 Å². The molecule has 4 nitrogen and oxygen atoms in total. The zero-order valence-electron chi connectivity index (χ0n) is 8.67. The highest BCUT2D eigenvalue weighted by Crippen LogP contribution is 2.22. The van der Waals surface area contributed by atoms with Gasteiger partial charge in [-0.15, -0.1) is 0 Å². The molecule has 0 saturated carbocycles. The third-order valence-electron chi connectivity index (χ3n) is 2.23. The van der Waals surface area contributed by atoms with Crippen LogP contribution in [0.4, 0.5) is 0 Å². The average Bonchev–Trinajstić information content (AvgIpc) is 2.77. The van der Waals surface area contributed by atoms with E-state index in [1.807, 2.05) is 13.0 Å². The van der Waals surface area contributed by atoms with E-state index in [1.54, 1.807) is 18.2 Å². The molecule has 2 aromatic rings. The third-order valence-corrected chi connectivity index (χ3v) is 2.87. The summed E-state index contributed by atoms with van der Waals surface area (Å²) in [5.74, 6) is 0.587. The number of hydrogen-bond acceptors (Lipinski definition) is 4. The lowest BCUT2D eigenvalue weighted by Crippen LogP contribution is -1.88. The van der Waals surface area contributed by atoms with Gasteiger partial charge in [0.15, 0.2) is 5.76 Å². The van der Waals surface area contributed by atoms with Gasteiger partial charge in [-0.1, -0.05) is 24.2 Å². The number of benzene rings is 1. The minimum absolute atomic E-state index is 0.243. The standard InChI is InChI=1S/C11H11NO3S/c1-2-9-7-11(15-12-9)8-4-3-5-10(6-8)16(13)14/h3-7H,2H2,1H3,(H,13,14)/p-1. The van der Waals surface area contributed by atoms with Gasteiger partial charge < -0.3 is 9.08 Å². The summed E-state index contributed by atoms with van der Waals surface area (Å²) in [4.78, 5) is 0.243. The van der Waals surface area contributed by atoms with E-state index in [-0.39, 0.29) is 4.90 Å². The van der Waals surface area contributed by atoms with Crippen molar-refractivity contribution in [3.05, 3.63) is 36.0 Å². The van der Waals surface area contributed by atoms with Crippen LogP contribution >= 0.6 is 0 Å². The SMILES string of the molecule is CCc1cc(-c2cccc(S(=O)[O-])c2)on1. The van der Waals surface area contributed by atoms with Gasteiger partial charge in [-0.05, 0) is 29.6 Å². The molecule has 1 heterocycles. The molecule has 0 radical (unpaired) electrons. The third kappa shape index (κ3) is 2.20. The molecule has 0 spiro atoms. The number of nitrogens with zero attached hydrogens (tertiary/aromatic N) is 1. The Morgan fingerprint density at radius 2 is 2.25 bits per heavy atom. The molecule has 1 atom stereocenters. The highest BCUT2D eigenvalue weighted by Gasteiger charge is 2.06. The molecule has 0 aliphatic carbocycles. The molecule has 0 aliphatic heterocycles. The number of aryl methyl sites for hydroxylation is 1. The summed E-state index contributed by atoms with van der Waals surface area (Å²) in [5, 5.41) is 3.86. The van der Waals surface area contributed by atoms with Crippen LogP contribution in [0, 0.1) is 0 Å². The van der Waals surface area contributed by atoms with Gasteiger partial charge in [-0.25, -0.2) is 0 Å². The normalized spacial score (nSPS) is 12.6. The fourth-order valence-electron chi connectivity index (χ4n) is 1.37. The van der Waals surface area contributed by atoms with Crippen molar-refractivity contribution in [1.82, 2.24) is 5.16 Å². The van der Waals surface area contributed by atoms with Crippen molar-refractivity contribution in [3.8, 4) is 11.3 Å². The molecule has 1 aromatic carbocycles. The molecule has 84 valence electrons. The maximum atomic E-state index is 10.8.